The summed E-state index contributed by atoms with van der Waals surface area (Å²) < 4.78 is 15.6. The van der Waals surface area contributed by atoms with E-state index < -0.39 is 5.82 Å². The Balaban J connectivity index is 2.36. The maximum absolute atomic E-state index is 14.1. The topological polar surface area (TPSA) is 43.8 Å². The molecule has 0 amide bonds. The number of anilines is 1. The molecule has 6 heteroatoms. The van der Waals surface area contributed by atoms with E-state index in [1.165, 1.54) is 10.6 Å². The van der Waals surface area contributed by atoms with Crippen molar-refractivity contribution in [1.29, 1.82) is 0 Å². The van der Waals surface area contributed by atoms with Gasteiger partial charge in [-0.1, -0.05) is 29.3 Å². The Morgan fingerprint density at radius 2 is 1.95 bits per heavy atom. The monoisotopic (exact) mass is 295 g/mol. The maximum Gasteiger partial charge on any atom is 0.206 e. The molecule has 0 aliphatic rings. The number of nitrogens with two attached hydrogens (primary N) is 1. The molecule has 0 bridgehead atoms. The quantitative estimate of drug-likeness (QED) is 0.736. The molecule has 0 unspecified atom stereocenters. The predicted molar refractivity (Wildman–Crippen MR) is 75.5 cm³/mol. The molecule has 3 rings (SSSR count). The first-order valence-electron chi connectivity index (χ1n) is 5.46. The minimum atomic E-state index is -0.537. The number of halogens is 3. The summed E-state index contributed by atoms with van der Waals surface area (Å²) in [6.45, 7) is 0. The summed E-state index contributed by atoms with van der Waals surface area (Å²) in [5.74, 6) is -0.358. The second-order valence-electron chi connectivity index (χ2n) is 4.01. The van der Waals surface area contributed by atoms with Crippen molar-refractivity contribution in [3.63, 3.8) is 0 Å². The lowest BCUT2D eigenvalue weighted by Crippen LogP contribution is -2.03. The summed E-state index contributed by atoms with van der Waals surface area (Å²) in [4.78, 5) is 4.17. The van der Waals surface area contributed by atoms with Crippen molar-refractivity contribution >= 4 is 40.2 Å². The normalized spacial score (nSPS) is 11.1. The molecule has 2 N–H and O–H groups in total. The molecule has 0 aliphatic heterocycles. The van der Waals surface area contributed by atoms with Gasteiger partial charge in [0.05, 0.1) is 21.7 Å². The molecule has 1 heterocycles. The van der Waals surface area contributed by atoms with Crippen molar-refractivity contribution in [3.8, 4) is 5.69 Å². The fourth-order valence-corrected chi connectivity index (χ4v) is 2.33. The van der Waals surface area contributed by atoms with Crippen LogP contribution in [0.4, 0.5) is 10.3 Å². The van der Waals surface area contributed by atoms with Gasteiger partial charge in [-0.3, -0.25) is 4.57 Å². The van der Waals surface area contributed by atoms with Crippen molar-refractivity contribution < 1.29 is 4.39 Å². The molecule has 96 valence electrons. The molecule has 0 spiro atoms. The zero-order valence-electron chi connectivity index (χ0n) is 9.57. The van der Waals surface area contributed by atoms with Gasteiger partial charge in [0.25, 0.3) is 0 Å². The maximum atomic E-state index is 14.1. The van der Waals surface area contributed by atoms with Crippen LogP contribution in [0.2, 0.25) is 10.0 Å². The largest absolute Gasteiger partial charge is 0.369 e. The summed E-state index contributed by atoms with van der Waals surface area (Å²) in [6.07, 6.45) is 0. The third kappa shape index (κ3) is 1.93. The van der Waals surface area contributed by atoms with Gasteiger partial charge in [0, 0.05) is 5.02 Å². The zero-order valence-corrected chi connectivity index (χ0v) is 11.1. The van der Waals surface area contributed by atoms with Crippen molar-refractivity contribution in [3.05, 3.63) is 52.3 Å². The molecular weight excluding hydrogens is 288 g/mol. The molecule has 0 saturated carbocycles. The van der Waals surface area contributed by atoms with Crippen LogP contribution in [-0.4, -0.2) is 9.55 Å². The van der Waals surface area contributed by atoms with Crippen LogP contribution in [0.15, 0.2) is 36.4 Å². The molecule has 19 heavy (non-hydrogen) atoms. The fraction of sp³-hybridized carbons (Fsp3) is 0. The molecule has 2 aromatic carbocycles. The van der Waals surface area contributed by atoms with Gasteiger partial charge in [0.15, 0.2) is 5.82 Å². The number of aromatic nitrogens is 2. The van der Waals surface area contributed by atoms with Gasteiger partial charge in [-0.25, -0.2) is 9.37 Å². The van der Waals surface area contributed by atoms with E-state index in [9.17, 15) is 4.39 Å². The lowest BCUT2D eigenvalue weighted by molar-refractivity contribution is 0.620. The molecule has 3 nitrogen and oxygen atoms in total. The van der Waals surface area contributed by atoms with Crippen LogP contribution in [0.3, 0.4) is 0 Å². The number of imidazole rings is 1. The van der Waals surface area contributed by atoms with Crippen LogP contribution in [0.1, 0.15) is 0 Å². The summed E-state index contributed by atoms with van der Waals surface area (Å²) in [5, 5.41) is 0.580. The molecule has 3 aromatic rings. The van der Waals surface area contributed by atoms with Crippen LogP contribution in [0.25, 0.3) is 16.7 Å². The van der Waals surface area contributed by atoms with Gasteiger partial charge in [-0.2, -0.15) is 0 Å². The molecule has 1 aromatic heterocycles. The van der Waals surface area contributed by atoms with Crippen LogP contribution in [-0.2, 0) is 0 Å². The Morgan fingerprint density at radius 3 is 2.74 bits per heavy atom. The average Bonchev–Trinajstić information content (AvgIpc) is 2.68. The second kappa shape index (κ2) is 4.40. The standard InChI is InChI=1S/C13H8Cl2FN3/c14-7-4-5-10-9(6-7)18-13(17)19(10)11-3-1-2-8(15)12(11)16/h1-6H,(H2,17,18). The summed E-state index contributed by atoms with van der Waals surface area (Å²) >= 11 is 11.7. The number of hydrogen-bond donors (Lipinski definition) is 1. The number of rotatable bonds is 1. The van der Waals surface area contributed by atoms with Crippen LogP contribution in [0, 0.1) is 5.82 Å². The zero-order chi connectivity index (χ0) is 13.6. The third-order valence-corrected chi connectivity index (χ3v) is 3.34. The number of fused-ring (bicyclic) bond motifs is 1. The van der Waals surface area contributed by atoms with Gasteiger partial charge >= 0.3 is 0 Å². The van der Waals surface area contributed by atoms with Gasteiger partial charge < -0.3 is 5.73 Å². The van der Waals surface area contributed by atoms with Gasteiger partial charge in [-0.15, -0.1) is 0 Å². The second-order valence-corrected chi connectivity index (χ2v) is 4.86. The lowest BCUT2D eigenvalue weighted by Gasteiger charge is -2.08. The molecule has 0 radical (unpaired) electrons. The highest BCUT2D eigenvalue weighted by atomic mass is 35.5. The number of hydrogen-bond acceptors (Lipinski definition) is 2. The Bertz CT molecular complexity index is 783. The number of nitrogens with zero attached hydrogens (tertiary/aromatic N) is 2. The predicted octanol–water partition coefficient (Wildman–Crippen LogP) is 4.05. The van der Waals surface area contributed by atoms with E-state index in [2.05, 4.69) is 4.98 Å². The SMILES string of the molecule is Nc1nc2cc(Cl)ccc2n1-c1cccc(Cl)c1F. The first kappa shape index (κ1) is 12.3. The fourth-order valence-electron chi connectivity index (χ4n) is 1.99. The van der Waals surface area contributed by atoms with E-state index in [4.69, 9.17) is 28.9 Å². The first-order valence-corrected chi connectivity index (χ1v) is 6.21. The van der Waals surface area contributed by atoms with Crippen LogP contribution in [0.5, 0.6) is 0 Å². The average molecular weight is 296 g/mol. The van der Waals surface area contributed by atoms with E-state index >= 15 is 0 Å². The Kier molecular flexibility index (Phi) is 2.84. The third-order valence-electron chi connectivity index (χ3n) is 2.81. The van der Waals surface area contributed by atoms with E-state index in [0.717, 1.165) is 0 Å². The summed E-state index contributed by atoms with van der Waals surface area (Å²) in [6, 6.07) is 9.83. The highest BCUT2D eigenvalue weighted by Crippen LogP contribution is 2.29. The summed E-state index contributed by atoms with van der Waals surface area (Å²) in [7, 11) is 0. The van der Waals surface area contributed by atoms with Gasteiger partial charge in [0.2, 0.25) is 5.95 Å². The van der Waals surface area contributed by atoms with Crippen molar-refractivity contribution in [2.75, 3.05) is 5.73 Å². The van der Waals surface area contributed by atoms with Crippen molar-refractivity contribution in [2.24, 2.45) is 0 Å². The highest BCUT2D eigenvalue weighted by Gasteiger charge is 2.15. The Morgan fingerprint density at radius 1 is 1.16 bits per heavy atom. The number of benzene rings is 2. The van der Waals surface area contributed by atoms with Crippen molar-refractivity contribution in [2.45, 2.75) is 0 Å². The number of nitrogen functional groups attached to an aromatic ring is 1. The summed E-state index contributed by atoms with van der Waals surface area (Å²) in [5.41, 5.74) is 7.38. The van der Waals surface area contributed by atoms with Crippen LogP contribution >= 0.6 is 23.2 Å². The molecule has 0 atom stereocenters. The van der Waals surface area contributed by atoms with E-state index in [-0.39, 0.29) is 16.7 Å². The lowest BCUT2D eigenvalue weighted by atomic mass is 10.2. The molecule has 0 aliphatic carbocycles. The minimum absolute atomic E-state index is 0.0349. The molecular formula is C13H8Cl2FN3. The Hall–Kier alpha value is -1.78. The Labute approximate surface area is 118 Å². The van der Waals surface area contributed by atoms with Gasteiger partial charge in [-0.05, 0) is 30.3 Å². The van der Waals surface area contributed by atoms with E-state index in [1.807, 2.05) is 0 Å². The minimum Gasteiger partial charge on any atom is -0.369 e. The smallest absolute Gasteiger partial charge is 0.206 e. The van der Waals surface area contributed by atoms with Crippen molar-refractivity contribution in [1.82, 2.24) is 9.55 Å². The molecule has 0 saturated heterocycles. The van der Waals surface area contributed by atoms with Gasteiger partial charge in [0.1, 0.15) is 0 Å². The van der Waals surface area contributed by atoms with E-state index in [0.29, 0.717) is 16.1 Å². The first-order chi connectivity index (χ1) is 9.08. The highest BCUT2D eigenvalue weighted by molar-refractivity contribution is 6.31. The molecule has 0 fully saturated rings. The van der Waals surface area contributed by atoms with E-state index in [1.54, 1.807) is 30.3 Å². The van der Waals surface area contributed by atoms with Crippen LogP contribution < -0.4 is 5.73 Å².